The summed E-state index contributed by atoms with van der Waals surface area (Å²) in [6, 6.07) is 0. The maximum atomic E-state index is 10.2. The highest BCUT2D eigenvalue weighted by atomic mass is 32.2. The van der Waals surface area contributed by atoms with Crippen molar-refractivity contribution in [1.82, 2.24) is 0 Å². The molecule has 60 valence electrons. The summed E-state index contributed by atoms with van der Waals surface area (Å²) in [6.45, 7) is 0. The first-order chi connectivity index (χ1) is 4.52. The molecule has 0 heterocycles. The second-order valence-electron chi connectivity index (χ2n) is 1.58. The van der Waals surface area contributed by atoms with Gasteiger partial charge in [-0.3, -0.25) is 4.55 Å². The molecule has 0 aliphatic rings. The molecule has 6 heteroatoms. The molecule has 0 aromatic heterocycles. The highest BCUT2D eigenvalue weighted by Crippen LogP contribution is 2.01. The lowest BCUT2D eigenvalue weighted by atomic mass is 10.5. The normalized spacial score (nSPS) is 14.6. The van der Waals surface area contributed by atoms with Gasteiger partial charge in [-0.25, -0.2) is 0 Å². The number of carbonyl (C=O) groups is 1. The first kappa shape index (κ1) is 9.54. The van der Waals surface area contributed by atoms with E-state index in [0.29, 0.717) is 6.29 Å². The van der Waals surface area contributed by atoms with Gasteiger partial charge in [0.1, 0.15) is 6.29 Å². The van der Waals surface area contributed by atoms with Gasteiger partial charge < -0.3 is 9.53 Å². The van der Waals surface area contributed by atoms with Crippen LogP contribution in [0.25, 0.3) is 0 Å². The second kappa shape index (κ2) is 3.65. The van der Waals surface area contributed by atoms with Crippen molar-refractivity contribution in [3.63, 3.8) is 0 Å². The van der Waals surface area contributed by atoms with Crippen LogP contribution in [0.2, 0.25) is 0 Å². The van der Waals surface area contributed by atoms with Gasteiger partial charge >= 0.3 is 0 Å². The van der Waals surface area contributed by atoms with Crippen molar-refractivity contribution < 1.29 is 22.5 Å². The summed E-state index contributed by atoms with van der Waals surface area (Å²) in [5, 5.41) is 0. The van der Waals surface area contributed by atoms with Crippen molar-refractivity contribution >= 4 is 16.4 Å². The first-order valence-electron chi connectivity index (χ1n) is 2.45. The molecule has 1 N–H and O–H groups in total. The van der Waals surface area contributed by atoms with Crippen molar-refractivity contribution in [2.75, 3.05) is 7.11 Å². The Balaban J connectivity index is 4.22. The van der Waals surface area contributed by atoms with E-state index in [0.717, 1.165) is 7.11 Å². The van der Waals surface area contributed by atoms with Crippen LogP contribution in [0, 0.1) is 0 Å². The zero-order valence-corrected chi connectivity index (χ0v) is 6.17. The van der Waals surface area contributed by atoms with E-state index in [4.69, 9.17) is 4.55 Å². The van der Waals surface area contributed by atoms with Gasteiger partial charge in [-0.05, 0) is 0 Å². The standard InChI is InChI=1S/C4H8O5S/c1-9-4(2-3-5)10(6,7)8/h3-4H,2H2,1H3,(H,6,7,8). The summed E-state index contributed by atoms with van der Waals surface area (Å²) < 4.78 is 33.0. The molecule has 0 aromatic carbocycles. The van der Waals surface area contributed by atoms with Crippen LogP contribution in [0.15, 0.2) is 0 Å². The Hall–Kier alpha value is -0.460. The molecular weight excluding hydrogens is 160 g/mol. The molecule has 1 atom stereocenters. The Kier molecular flexibility index (Phi) is 3.48. The fourth-order valence-electron chi connectivity index (χ4n) is 0.418. The summed E-state index contributed by atoms with van der Waals surface area (Å²) in [6.07, 6.45) is 0.0112. The molecule has 0 aromatic rings. The maximum absolute atomic E-state index is 10.2. The Bertz CT molecular complexity index is 194. The van der Waals surface area contributed by atoms with E-state index < -0.39 is 15.6 Å². The molecule has 10 heavy (non-hydrogen) atoms. The SMILES string of the molecule is COC(CC=O)S(=O)(=O)O. The fraction of sp³-hybridized carbons (Fsp3) is 0.750. The van der Waals surface area contributed by atoms with Gasteiger partial charge in [0.25, 0.3) is 10.1 Å². The van der Waals surface area contributed by atoms with Crippen LogP contribution in [-0.2, 0) is 19.6 Å². The summed E-state index contributed by atoms with van der Waals surface area (Å²) >= 11 is 0. The lowest BCUT2D eigenvalue weighted by Crippen LogP contribution is -2.22. The Morgan fingerprint density at radius 2 is 2.20 bits per heavy atom. The molecule has 0 spiro atoms. The lowest BCUT2D eigenvalue weighted by Gasteiger charge is -2.06. The van der Waals surface area contributed by atoms with Gasteiger partial charge in [0, 0.05) is 13.5 Å². The van der Waals surface area contributed by atoms with Crippen LogP contribution >= 0.6 is 0 Å². The zero-order chi connectivity index (χ0) is 8.20. The van der Waals surface area contributed by atoms with Crippen molar-refractivity contribution in [2.24, 2.45) is 0 Å². The van der Waals surface area contributed by atoms with E-state index in [1.165, 1.54) is 0 Å². The molecule has 0 rings (SSSR count). The number of rotatable bonds is 4. The number of methoxy groups -OCH3 is 1. The molecule has 5 nitrogen and oxygen atoms in total. The van der Waals surface area contributed by atoms with Crippen LogP contribution in [0.3, 0.4) is 0 Å². The Morgan fingerprint density at radius 3 is 2.30 bits per heavy atom. The van der Waals surface area contributed by atoms with Crippen LogP contribution in [-0.4, -0.2) is 31.8 Å². The average molecular weight is 168 g/mol. The predicted octanol–water partition coefficient (Wildman–Crippen LogP) is -0.564. The van der Waals surface area contributed by atoms with Crippen LogP contribution < -0.4 is 0 Å². The van der Waals surface area contributed by atoms with Crippen molar-refractivity contribution in [2.45, 2.75) is 11.9 Å². The summed E-state index contributed by atoms with van der Waals surface area (Å²) in [7, 11) is -3.13. The maximum Gasteiger partial charge on any atom is 0.292 e. The van der Waals surface area contributed by atoms with Gasteiger partial charge in [0.2, 0.25) is 0 Å². The molecule has 0 amide bonds. The molecule has 0 fully saturated rings. The quantitative estimate of drug-likeness (QED) is 0.449. The van der Waals surface area contributed by atoms with Gasteiger partial charge in [-0.15, -0.1) is 0 Å². The monoisotopic (exact) mass is 168 g/mol. The van der Waals surface area contributed by atoms with Crippen LogP contribution in [0.5, 0.6) is 0 Å². The van der Waals surface area contributed by atoms with E-state index in [1.807, 2.05) is 0 Å². The molecule has 0 radical (unpaired) electrons. The molecule has 0 bridgehead atoms. The largest absolute Gasteiger partial charge is 0.363 e. The topological polar surface area (TPSA) is 80.7 Å². The van der Waals surface area contributed by atoms with Crippen molar-refractivity contribution in [1.29, 1.82) is 0 Å². The highest BCUT2D eigenvalue weighted by Gasteiger charge is 2.20. The third-order valence-corrected chi connectivity index (χ3v) is 1.93. The molecule has 1 unspecified atom stereocenters. The third-order valence-electron chi connectivity index (χ3n) is 0.884. The predicted molar refractivity (Wildman–Crippen MR) is 33.0 cm³/mol. The number of aldehydes is 1. The van der Waals surface area contributed by atoms with E-state index >= 15 is 0 Å². The van der Waals surface area contributed by atoms with Crippen LogP contribution in [0.4, 0.5) is 0 Å². The van der Waals surface area contributed by atoms with Gasteiger partial charge in [-0.2, -0.15) is 8.42 Å². The van der Waals surface area contributed by atoms with Crippen LogP contribution in [0.1, 0.15) is 6.42 Å². The number of hydrogen-bond acceptors (Lipinski definition) is 4. The van der Waals surface area contributed by atoms with E-state index in [9.17, 15) is 13.2 Å². The van der Waals surface area contributed by atoms with Gasteiger partial charge in [0.05, 0.1) is 0 Å². The summed E-state index contributed by atoms with van der Waals surface area (Å²) in [5.74, 6) is 0. The van der Waals surface area contributed by atoms with E-state index in [1.54, 1.807) is 0 Å². The fourth-order valence-corrected chi connectivity index (χ4v) is 0.983. The molecule has 0 saturated carbocycles. The Labute approximate surface area is 58.7 Å². The molecular formula is C4H8O5S. The smallest absolute Gasteiger partial charge is 0.292 e. The minimum atomic E-state index is -4.23. The third kappa shape index (κ3) is 2.90. The molecule has 0 aliphatic carbocycles. The lowest BCUT2D eigenvalue weighted by molar-refractivity contribution is -0.109. The highest BCUT2D eigenvalue weighted by molar-refractivity contribution is 7.86. The van der Waals surface area contributed by atoms with Gasteiger partial charge in [-0.1, -0.05) is 0 Å². The zero-order valence-electron chi connectivity index (χ0n) is 5.35. The summed E-state index contributed by atoms with van der Waals surface area (Å²) in [5.41, 5.74) is -1.43. The number of ether oxygens (including phenoxy) is 1. The number of hydrogen-bond donors (Lipinski definition) is 1. The first-order valence-corrected chi connectivity index (χ1v) is 3.95. The molecule has 0 aliphatic heterocycles. The average Bonchev–Trinajstić information content (AvgIpc) is 1.80. The second-order valence-corrected chi connectivity index (χ2v) is 3.14. The van der Waals surface area contributed by atoms with Crippen molar-refractivity contribution in [3.8, 4) is 0 Å². The van der Waals surface area contributed by atoms with Gasteiger partial charge in [0.15, 0.2) is 5.44 Å². The van der Waals surface area contributed by atoms with E-state index in [-0.39, 0.29) is 6.42 Å². The van der Waals surface area contributed by atoms with E-state index in [2.05, 4.69) is 4.74 Å². The molecule has 0 saturated heterocycles. The number of carbonyl (C=O) groups excluding carboxylic acids is 1. The Morgan fingerprint density at radius 1 is 1.70 bits per heavy atom. The minimum absolute atomic E-state index is 0.352. The van der Waals surface area contributed by atoms with Crippen molar-refractivity contribution in [3.05, 3.63) is 0 Å². The summed E-state index contributed by atoms with van der Waals surface area (Å²) in [4.78, 5) is 9.77. The minimum Gasteiger partial charge on any atom is -0.363 e.